The lowest BCUT2D eigenvalue weighted by molar-refractivity contribution is 0.472. The van der Waals surface area contributed by atoms with E-state index in [9.17, 15) is 0 Å². The molecule has 1 aliphatic rings. The molecule has 1 aromatic rings. The van der Waals surface area contributed by atoms with E-state index in [0.29, 0.717) is 6.04 Å². The Bertz CT molecular complexity index is 270. The van der Waals surface area contributed by atoms with Crippen LogP contribution in [0.25, 0.3) is 0 Å². The average Bonchev–Trinajstić information content (AvgIpc) is 2.17. The molecule has 2 rings (SSSR count). The van der Waals surface area contributed by atoms with Gasteiger partial charge in [0.25, 0.3) is 0 Å². The van der Waals surface area contributed by atoms with Gasteiger partial charge in [0.1, 0.15) is 0 Å². The van der Waals surface area contributed by atoms with Crippen molar-refractivity contribution in [1.29, 1.82) is 0 Å². The van der Waals surface area contributed by atoms with E-state index in [2.05, 4.69) is 29.7 Å². The number of fused-ring (bicyclic) bond motifs is 1. The number of hydrazine groups is 1. The van der Waals surface area contributed by atoms with E-state index in [0.717, 1.165) is 6.42 Å². The van der Waals surface area contributed by atoms with Gasteiger partial charge in [-0.25, -0.2) is 0 Å². The molecule has 0 fully saturated rings. The van der Waals surface area contributed by atoms with Crippen LogP contribution in [-0.2, 0) is 6.42 Å². The first-order valence-electron chi connectivity index (χ1n) is 4.46. The Morgan fingerprint density at radius 3 is 3.00 bits per heavy atom. The van der Waals surface area contributed by atoms with E-state index in [1.165, 1.54) is 24.0 Å². The highest BCUT2D eigenvalue weighted by molar-refractivity contribution is 5.31. The zero-order valence-electron chi connectivity index (χ0n) is 7.09. The van der Waals surface area contributed by atoms with Gasteiger partial charge in [0.2, 0.25) is 0 Å². The van der Waals surface area contributed by atoms with Crippen molar-refractivity contribution in [2.75, 3.05) is 0 Å². The molecule has 1 atom stereocenters. The monoisotopic (exact) mass is 162 g/mol. The van der Waals surface area contributed by atoms with Crippen LogP contribution in [0.4, 0.5) is 0 Å². The summed E-state index contributed by atoms with van der Waals surface area (Å²) in [5, 5.41) is 0. The fraction of sp³-hybridized carbons (Fsp3) is 0.400. The fourth-order valence-corrected chi connectivity index (χ4v) is 1.93. The lowest BCUT2D eigenvalue weighted by Crippen LogP contribution is -2.30. The van der Waals surface area contributed by atoms with E-state index < -0.39 is 0 Å². The summed E-state index contributed by atoms with van der Waals surface area (Å²) in [6, 6.07) is 8.90. The van der Waals surface area contributed by atoms with Crippen molar-refractivity contribution in [1.82, 2.24) is 5.43 Å². The van der Waals surface area contributed by atoms with Crippen LogP contribution < -0.4 is 11.3 Å². The third-order valence-electron chi connectivity index (χ3n) is 2.57. The van der Waals surface area contributed by atoms with Gasteiger partial charge in [-0.15, -0.1) is 0 Å². The third kappa shape index (κ3) is 1.24. The normalized spacial score (nSPS) is 21.9. The maximum Gasteiger partial charge on any atom is 0.0462 e. The molecule has 3 N–H and O–H groups in total. The maximum atomic E-state index is 5.47. The molecule has 64 valence electrons. The molecule has 0 heterocycles. The quantitative estimate of drug-likeness (QED) is 0.485. The second-order valence-corrected chi connectivity index (χ2v) is 3.31. The zero-order chi connectivity index (χ0) is 8.39. The van der Waals surface area contributed by atoms with Crippen molar-refractivity contribution in [2.24, 2.45) is 5.84 Å². The highest BCUT2D eigenvalue weighted by Gasteiger charge is 2.17. The number of aryl methyl sites for hydroxylation is 1. The first-order valence-corrected chi connectivity index (χ1v) is 4.46. The summed E-state index contributed by atoms with van der Waals surface area (Å²) in [6.07, 6.45) is 3.60. The molecule has 1 aromatic carbocycles. The first-order chi connectivity index (χ1) is 5.92. The Hall–Kier alpha value is -0.860. The molecule has 0 aliphatic heterocycles. The summed E-state index contributed by atoms with van der Waals surface area (Å²) in [5.41, 5.74) is 5.69. The predicted octanol–water partition coefficient (Wildman–Crippen LogP) is 1.53. The fourth-order valence-electron chi connectivity index (χ4n) is 1.93. The Kier molecular flexibility index (Phi) is 2.11. The number of hydrogen-bond donors (Lipinski definition) is 2. The van der Waals surface area contributed by atoms with Gasteiger partial charge in [-0.3, -0.25) is 11.3 Å². The number of benzene rings is 1. The van der Waals surface area contributed by atoms with Crippen molar-refractivity contribution < 1.29 is 0 Å². The molecule has 0 saturated heterocycles. The minimum absolute atomic E-state index is 0.370. The minimum Gasteiger partial charge on any atom is -0.271 e. The summed E-state index contributed by atoms with van der Waals surface area (Å²) in [4.78, 5) is 0. The Labute approximate surface area is 72.7 Å². The summed E-state index contributed by atoms with van der Waals surface area (Å²) >= 11 is 0. The second kappa shape index (κ2) is 3.25. The molecule has 2 heteroatoms. The number of nitrogens with two attached hydrogens (primary N) is 1. The molecule has 0 radical (unpaired) electrons. The summed E-state index contributed by atoms with van der Waals surface area (Å²) in [7, 11) is 0. The SMILES string of the molecule is NNC1CCCc2ccccc21. The van der Waals surface area contributed by atoms with Gasteiger partial charge in [-0.05, 0) is 30.4 Å². The van der Waals surface area contributed by atoms with Gasteiger partial charge in [-0.1, -0.05) is 24.3 Å². The topological polar surface area (TPSA) is 38.0 Å². The van der Waals surface area contributed by atoms with Crippen LogP contribution in [-0.4, -0.2) is 0 Å². The zero-order valence-corrected chi connectivity index (χ0v) is 7.09. The van der Waals surface area contributed by atoms with Crippen LogP contribution in [0.1, 0.15) is 30.0 Å². The Morgan fingerprint density at radius 1 is 1.33 bits per heavy atom. The van der Waals surface area contributed by atoms with E-state index in [1.54, 1.807) is 0 Å². The maximum absolute atomic E-state index is 5.47. The van der Waals surface area contributed by atoms with Gasteiger partial charge in [0.05, 0.1) is 0 Å². The van der Waals surface area contributed by atoms with Gasteiger partial charge < -0.3 is 0 Å². The van der Waals surface area contributed by atoms with E-state index in [1.807, 2.05) is 0 Å². The number of nitrogens with one attached hydrogen (secondary N) is 1. The first kappa shape index (κ1) is 7.77. The smallest absolute Gasteiger partial charge is 0.0462 e. The summed E-state index contributed by atoms with van der Waals surface area (Å²) in [5.74, 6) is 5.47. The molecule has 12 heavy (non-hydrogen) atoms. The molecular formula is C10H14N2. The van der Waals surface area contributed by atoms with Crippen LogP contribution in [0.15, 0.2) is 24.3 Å². The molecule has 0 bridgehead atoms. The van der Waals surface area contributed by atoms with Crippen LogP contribution in [0.2, 0.25) is 0 Å². The van der Waals surface area contributed by atoms with Crippen molar-refractivity contribution >= 4 is 0 Å². The minimum atomic E-state index is 0.370. The summed E-state index contributed by atoms with van der Waals surface area (Å²) in [6.45, 7) is 0. The van der Waals surface area contributed by atoms with Crippen molar-refractivity contribution in [3.8, 4) is 0 Å². The van der Waals surface area contributed by atoms with Gasteiger partial charge in [0.15, 0.2) is 0 Å². The van der Waals surface area contributed by atoms with Crippen LogP contribution >= 0.6 is 0 Å². The molecule has 0 amide bonds. The van der Waals surface area contributed by atoms with E-state index in [4.69, 9.17) is 5.84 Å². The van der Waals surface area contributed by atoms with Crippen LogP contribution in [0, 0.1) is 0 Å². The van der Waals surface area contributed by atoms with E-state index >= 15 is 0 Å². The Balaban J connectivity index is 2.37. The highest BCUT2D eigenvalue weighted by atomic mass is 15.2. The van der Waals surface area contributed by atoms with Gasteiger partial charge >= 0.3 is 0 Å². The largest absolute Gasteiger partial charge is 0.271 e. The molecule has 0 saturated carbocycles. The molecule has 1 aliphatic carbocycles. The molecule has 1 unspecified atom stereocenters. The molecule has 0 spiro atoms. The number of rotatable bonds is 1. The highest BCUT2D eigenvalue weighted by Crippen LogP contribution is 2.28. The van der Waals surface area contributed by atoms with E-state index in [-0.39, 0.29) is 0 Å². The van der Waals surface area contributed by atoms with Crippen molar-refractivity contribution in [2.45, 2.75) is 25.3 Å². The average molecular weight is 162 g/mol. The van der Waals surface area contributed by atoms with Crippen molar-refractivity contribution in [3.63, 3.8) is 0 Å². The lowest BCUT2D eigenvalue weighted by Gasteiger charge is -2.24. The van der Waals surface area contributed by atoms with Gasteiger partial charge in [-0.2, -0.15) is 0 Å². The second-order valence-electron chi connectivity index (χ2n) is 3.31. The van der Waals surface area contributed by atoms with Crippen molar-refractivity contribution in [3.05, 3.63) is 35.4 Å². The standard InChI is InChI=1S/C10H14N2/c11-12-10-7-3-5-8-4-1-2-6-9(8)10/h1-2,4,6,10,12H,3,5,7,11H2. The summed E-state index contributed by atoms with van der Waals surface area (Å²) < 4.78 is 0. The molecule has 2 nitrogen and oxygen atoms in total. The predicted molar refractivity (Wildman–Crippen MR) is 49.4 cm³/mol. The van der Waals surface area contributed by atoms with Crippen LogP contribution in [0.5, 0.6) is 0 Å². The Morgan fingerprint density at radius 2 is 2.17 bits per heavy atom. The molecular weight excluding hydrogens is 148 g/mol. The van der Waals surface area contributed by atoms with Gasteiger partial charge in [0, 0.05) is 6.04 Å². The lowest BCUT2D eigenvalue weighted by atomic mass is 9.88. The molecule has 0 aromatic heterocycles. The van der Waals surface area contributed by atoms with Crippen LogP contribution in [0.3, 0.4) is 0 Å². The third-order valence-corrected chi connectivity index (χ3v) is 2.57. The number of hydrogen-bond acceptors (Lipinski definition) is 2.